The van der Waals surface area contributed by atoms with Crippen LogP contribution in [0.3, 0.4) is 0 Å². The molecule has 0 saturated heterocycles. The predicted octanol–water partition coefficient (Wildman–Crippen LogP) is 5.12. The van der Waals surface area contributed by atoms with Crippen LogP contribution in [0.5, 0.6) is 0 Å². The molecule has 5 heteroatoms. The maximum Gasteiger partial charge on any atom is 0.131 e. The van der Waals surface area contributed by atoms with Gasteiger partial charge < -0.3 is 10.3 Å². The van der Waals surface area contributed by atoms with Gasteiger partial charge in [0.25, 0.3) is 0 Å². The van der Waals surface area contributed by atoms with Crippen molar-refractivity contribution in [3.8, 4) is 11.3 Å². The summed E-state index contributed by atoms with van der Waals surface area (Å²) in [6.45, 7) is 2.90. The van der Waals surface area contributed by atoms with E-state index < -0.39 is 0 Å². The van der Waals surface area contributed by atoms with Gasteiger partial charge in [0.2, 0.25) is 0 Å². The Balaban J connectivity index is 2.15. The summed E-state index contributed by atoms with van der Waals surface area (Å²) in [5.74, 6) is 2.25. The minimum atomic E-state index is 0.502. The third kappa shape index (κ3) is 2.53. The number of hydrogen-bond acceptors (Lipinski definition) is 2. The van der Waals surface area contributed by atoms with Crippen molar-refractivity contribution in [3.05, 3.63) is 34.1 Å². The van der Waals surface area contributed by atoms with E-state index in [4.69, 9.17) is 33.9 Å². The zero-order valence-corrected chi connectivity index (χ0v) is 13.6. The van der Waals surface area contributed by atoms with Crippen molar-refractivity contribution in [2.45, 2.75) is 45.1 Å². The number of imidazole rings is 1. The topological polar surface area (TPSA) is 43.8 Å². The van der Waals surface area contributed by atoms with Crippen LogP contribution in [0.25, 0.3) is 11.3 Å². The van der Waals surface area contributed by atoms with Crippen molar-refractivity contribution < 1.29 is 0 Å². The van der Waals surface area contributed by atoms with Gasteiger partial charge in [0.05, 0.1) is 10.0 Å². The molecule has 0 aliphatic heterocycles. The molecule has 0 atom stereocenters. The molecule has 1 aliphatic carbocycles. The van der Waals surface area contributed by atoms with Crippen LogP contribution in [0.4, 0.5) is 5.82 Å². The fourth-order valence-corrected chi connectivity index (χ4v) is 3.80. The summed E-state index contributed by atoms with van der Waals surface area (Å²) in [7, 11) is 0. The van der Waals surface area contributed by atoms with Crippen LogP contribution in [0.2, 0.25) is 10.0 Å². The summed E-state index contributed by atoms with van der Waals surface area (Å²) < 4.78 is 2.10. The molecule has 2 aromatic rings. The molecule has 3 rings (SSSR count). The van der Waals surface area contributed by atoms with E-state index in [1.165, 1.54) is 25.7 Å². The van der Waals surface area contributed by atoms with E-state index >= 15 is 0 Å². The molecule has 1 heterocycles. The molecule has 1 aromatic heterocycles. The number of aromatic nitrogens is 2. The monoisotopic (exact) mass is 323 g/mol. The summed E-state index contributed by atoms with van der Waals surface area (Å²) in [5, 5.41) is 1.18. The van der Waals surface area contributed by atoms with Gasteiger partial charge in [-0.1, -0.05) is 42.1 Å². The van der Waals surface area contributed by atoms with E-state index in [-0.39, 0.29) is 0 Å². The molecule has 2 N–H and O–H groups in total. The fourth-order valence-electron chi connectivity index (χ4n) is 3.22. The molecular weight excluding hydrogens is 305 g/mol. The molecule has 0 amide bonds. The average Bonchev–Trinajstić information content (AvgIpc) is 3.07. The number of hydrogen-bond donors (Lipinski definition) is 1. The summed E-state index contributed by atoms with van der Waals surface area (Å²) in [5.41, 5.74) is 7.79. The van der Waals surface area contributed by atoms with E-state index in [0.29, 0.717) is 27.5 Å². The molecule has 1 fully saturated rings. The van der Waals surface area contributed by atoms with E-state index in [0.717, 1.165) is 17.9 Å². The van der Waals surface area contributed by atoms with Crippen LogP contribution in [0.15, 0.2) is 18.2 Å². The van der Waals surface area contributed by atoms with Gasteiger partial charge >= 0.3 is 0 Å². The first kappa shape index (κ1) is 14.7. The second-order valence-electron chi connectivity index (χ2n) is 5.53. The summed E-state index contributed by atoms with van der Waals surface area (Å²) in [4.78, 5) is 4.82. The second-order valence-corrected chi connectivity index (χ2v) is 6.34. The Bertz CT molecular complexity index is 638. The van der Waals surface area contributed by atoms with Gasteiger partial charge in [0.1, 0.15) is 17.3 Å². The van der Waals surface area contributed by atoms with E-state index in [9.17, 15) is 0 Å². The third-order valence-corrected chi connectivity index (χ3v) is 4.90. The molecule has 0 bridgehead atoms. The minimum Gasteiger partial charge on any atom is -0.383 e. The van der Waals surface area contributed by atoms with Crippen molar-refractivity contribution in [2.75, 3.05) is 5.73 Å². The zero-order valence-electron chi connectivity index (χ0n) is 12.1. The first-order valence-electron chi connectivity index (χ1n) is 7.43. The highest BCUT2D eigenvalue weighted by atomic mass is 35.5. The van der Waals surface area contributed by atoms with Crippen LogP contribution >= 0.6 is 23.2 Å². The lowest BCUT2D eigenvalue weighted by molar-refractivity contribution is 0.604. The van der Waals surface area contributed by atoms with E-state index in [2.05, 4.69) is 11.5 Å². The molecule has 0 spiro atoms. The molecule has 0 radical (unpaired) electrons. The number of nitrogen functional groups attached to an aromatic ring is 1. The molecule has 112 valence electrons. The highest BCUT2D eigenvalue weighted by Gasteiger charge is 2.26. The molecule has 1 saturated carbocycles. The Kier molecular flexibility index (Phi) is 4.14. The second kappa shape index (κ2) is 5.90. The van der Waals surface area contributed by atoms with Gasteiger partial charge in [0.15, 0.2) is 0 Å². The lowest BCUT2D eigenvalue weighted by Crippen LogP contribution is -2.08. The largest absolute Gasteiger partial charge is 0.383 e. The maximum absolute atomic E-state index is 6.34. The van der Waals surface area contributed by atoms with Gasteiger partial charge in [-0.05, 0) is 31.9 Å². The summed E-state index contributed by atoms with van der Waals surface area (Å²) in [6.07, 6.45) is 4.91. The Morgan fingerprint density at radius 2 is 1.86 bits per heavy atom. The highest BCUT2D eigenvalue weighted by molar-refractivity contribution is 6.39. The molecule has 1 aromatic carbocycles. The van der Waals surface area contributed by atoms with Crippen LogP contribution in [0.1, 0.15) is 44.3 Å². The minimum absolute atomic E-state index is 0.502. The van der Waals surface area contributed by atoms with Crippen molar-refractivity contribution in [1.82, 2.24) is 9.55 Å². The maximum atomic E-state index is 6.34. The number of nitrogens with two attached hydrogens (primary N) is 1. The number of halogens is 2. The molecular formula is C16H19Cl2N3. The standard InChI is InChI=1S/C16H19Cl2N3/c1-2-21-15(19)14(13-11(17)8-5-9-12(13)18)20-16(21)10-6-3-4-7-10/h5,8-10H,2-4,6-7,19H2,1H3. The van der Waals surface area contributed by atoms with Gasteiger partial charge in [-0.15, -0.1) is 0 Å². The van der Waals surface area contributed by atoms with Crippen molar-refractivity contribution in [2.24, 2.45) is 0 Å². The van der Waals surface area contributed by atoms with E-state index in [1.807, 2.05) is 18.2 Å². The Morgan fingerprint density at radius 1 is 1.24 bits per heavy atom. The Hall–Kier alpha value is -1.19. The lowest BCUT2D eigenvalue weighted by atomic mass is 10.1. The molecule has 0 unspecified atom stereocenters. The quantitative estimate of drug-likeness (QED) is 0.852. The van der Waals surface area contributed by atoms with Crippen LogP contribution < -0.4 is 5.73 Å². The molecule has 21 heavy (non-hydrogen) atoms. The van der Waals surface area contributed by atoms with Crippen LogP contribution in [-0.4, -0.2) is 9.55 Å². The molecule has 3 nitrogen and oxygen atoms in total. The van der Waals surface area contributed by atoms with Crippen molar-refractivity contribution in [1.29, 1.82) is 0 Å². The van der Waals surface area contributed by atoms with Gasteiger partial charge in [-0.25, -0.2) is 4.98 Å². The third-order valence-electron chi connectivity index (χ3n) is 4.27. The first-order valence-corrected chi connectivity index (χ1v) is 8.19. The number of nitrogens with zero attached hydrogens (tertiary/aromatic N) is 2. The lowest BCUT2D eigenvalue weighted by Gasteiger charge is -2.11. The molecule has 1 aliphatic rings. The Morgan fingerprint density at radius 3 is 2.43 bits per heavy atom. The normalized spacial score (nSPS) is 15.8. The predicted molar refractivity (Wildman–Crippen MR) is 89.0 cm³/mol. The number of benzene rings is 1. The average molecular weight is 324 g/mol. The first-order chi connectivity index (χ1) is 10.1. The van der Waals surface area contributed by atoms with Gasteiger partial charge in [-0.2, -0.15) is 0 Å². The Labute approximate surface area is 135 Å². The van der Waals surface area contributed by atoms with E-state index in [1.54, 1.807) is 0 Å². The number of anilines is 1. The number of rotatable bonds is 3. The summed E-state index contributed by atoms with van der Waals surface area (Å²) >= 11 is 12.6. The SMILES string of the molecule is CCn1c(C2CCCC2)nc(-c2c(Cl)cccc2Cl)c1N. The van der Waals surface area contributed by atoms with Crippen molar-refractivity contribution >= 4 is 29.0 Å². The summed E-state index contributed by atoms with van der Waals surface area (Å²) in [6, 6.07) is 5.48. The van der Waals surface area contributed by atoms with Crippen molar-refractivity contribution in [3.63, 3.8) is 0 Å². The zero-order chi connectivity index (χ0) is 15.0. The highest BCUT2D eigenvalue weighted by Crippen LogP contribution is 2.41. The van der Waals surface area contributed by atoms with Crippen LogP contribution in [0, 0.1) is 0 Å². The fraction of sp³-hybridized carbons (Fsp3) is 0.438. The van der Waals surface area contributed by atoms with Gasteiger partial charge in [-0.3, -0.25) is 0 Å². The smallest absolute Gasteiger partial charge is 0.131 e. The van der Waals surface area contributed by atoms with Gasteiger partial charge in [0, 0.05) is 18.0 Å². The van der Waals surface area contributed by atoms with Crippen LogP contribution in [-0.2, 0) is 6.54 Å².